The van der Waals surface area contributed by atoms with Crippen LogP contribution in [0.25, 0.3) is 0 Å². The fourth-order valence-corrected chi connectivity index (χ4v) is 1.14. The summed E-state index contributed by atoms with van der Waals surface area (Å²) in [6.07, 6.45) is 0.461. The highest BCUT2D eigenvalue weighted by atomic mass is 32.2. The van der Waals surface area contributed by atoms with Gasteiger partial charge in [-0.05, 0) is 12.8 Å². The Hall–Kier alpha value is -0.660. The Morgan fingerprint density at radius 1 is 1.69 bits per heavy atom. The lowest BCUT2D eigenvalue weighted by Gasteiger charge is -2.16. The summed E-state index contributed by atoms with van der Waals surface area (Å²) in [6.45, 7) is 0.298. The quantitative estimate of drug-likeness (QED) is 0.640. The summed E-state index contributed by atoms with van der Waals surface area (Å²) in [5.74, 6) is 0. The molecule has 1 unspecified atom stereocenters. The van der Waals surface area contributed by atoms with Gasteiger partial charge in [-0.15, -0.1) is 0 Å². The maximum absolute atomic E-state index is 10.8. The largest absolute Gasteiger partial charge is 0.755 e. The molecule has 1 atom stereocenters. The number of ether oxygens (including phenoxy) is 2. The molecule has 1 aliphatic carbocycles. The van der Waals surface area contributed by atoms with Crippen molar-refractivity contribution in [2.75, 3.05) is 13.7 Å². The third kappa shape index (κ3) is 3.29. The zero-order chi connectivity index (χ0) is 9.90. The molecule has 0 heterocycles. The highest BCUT2D eigenvalue weighted by Crippen LogP contribution is 2.39. The first-order chi connectivity index (χ1) is 6.08. The van der Waals surface area contributed by atoms with E-state index < -0.39 is 23.0 Å². The number of methoxy groups -OCH3 is 1. The lowest BCUT2D eigenvalue weighted by Crippen LogP contribution is -2.33. The van der Waals surface area contributed by atoms with Crippen LogP contribution in [0.2, 0.25) is 0 Å². The van der Waals surface area contributed by atoms with Crippen LogP contribution < -0.4 is 4.72 Å². The van der Waals surface area contributed by atoms with Gasteiger partial charge in [-0.25, -0.2) is 4.79 Å². The van der Waals surface area contributed by atoms with Gasteiger partial charge in [-0.1, -0.05) is 0 Å². The summed E-state index contributed by atoms with van der Waals surface area (Å²) < 4.78 is 31.3. The molecule has 7 heteroatoms. The van der Waals surface area contributed by atoms with E-state index in [-0.39, 0.29) is 0 Å². The van der Waals surface area contributed by atoms with E-state index in [9.17, 15) is 13.6 Å². The zero-order valence-corrected chi connectivity index (χ0v) is 7.89. The first kappa shape index (κ1) is 10.4. The van der Waals surface area contributed by atoms with Crippen LogP contribution in [-0.2, 0) is 20.7 Å². The summed E-state index contributed by atoms with van der Waals surface area (Å²) in [7, 11) is 1.49. The van der Waals surface area contributed by atoms with Crippen LogP contribution in [0.15, 0.2) is 0 Å². The van der Waals surface area contributed by atoms with E-state index in [1.165, 1.54) is 7.11 Å². The average Bonchev–Trinajstić information content (AvgIpc) is 2.67. The van der Waals surface area contributed by atoms with Crippen molar-refractivity contribution in [1.29, 1.82) is 0 Å². The van der Waals surface area contributed by atoms with Crippen LogP contribution in [0, 0.1) is 0 Å². The highest BCUT2D eigenvalue weighted by Gasteiger charge is 2.47. The van der Waals surface area contributed by atoms with Crippen molar-refractivity contribution in [1.82, 2.24) is 4.72 Å². The van der Waals surface area contributed by atoms with Crippen LogP contribution in [0.4, 0.5) is 4.79 Å². The Labute approximate surface area is 78.0 Å². The van der Waals surface area contributed by atoms with Gasteiger partial charge in [0.2, 0.25) is 0 Å². The molecule has 6 nitrogen and oxygen atoms in total. The van der Waals surface area contributed by atoms with Crippen LogP contribution in [-0.4, -0.2) is 34.2 Å². The third-order valence-electron chi connectivity index (χ3n) is 1.69. The molecule has 0 radical (unpaired) electrons. The number of carbonyl (C=O) groups excluding carboxylic acids is 1. The van der Waals surface area contributed by atoms with Crippen molar-refractivity contribution in [3.63, 3.8) is 0 Å². The van der Waals surface area contributed by atoms with E-state index >= 15 is 0 Å². The summed E-state index contributed by atoms with van der Waals surface area (Å²) in [5, 5.41) is 0. The molecule has 0 saturated heterocycles. The predicted molar refractivity (Wildman–Crippen MR) is 42.4 cm³/mol. The minimum atomic E-state index is -2.62. The van der Waals surface area contributed by atoms with E-state index in [1.54, 1.807) is 4.72 Å². The summed E-state index contributed by atoms with van der Waals surface area (Å²) in [5.41, 5.74) is -0.599. The minimum Gasteiger partial charge on any atom is -0.755 e. The molecule has 1 rings (SSSR count). The van der Waals surface area contributed by atoms with Crippen LogP contribution in [0.1, 0.15) is 12.8 Å². The molecule has 0 aromatic heterocycles. The van der Waals surface area contributed by atoms with Crippen molar-refractivity contribution in [2.24, 2.45) is 0 Å². The molecule has 1 aliphatic rings. The zero-order valence-electron chi connectivity index (χ0n) is 7.07. The molecule has 0 bridgehead atoms. The van der Waals surface area contributed by atoms with Gasteiger partial charge >= 0.3 is 6.09 Å². The Morgan fingerprint density at radius 2 is 2.31 bits per heavy atom. The van der Waals surface area contributed by atoms with E-state index in [1.807, 2.05) is 0 Å². The SMILES string of the molecule is COCC1(OC(=O)NS(=O)[O-])CC1. The van der Waals surface area contributed by atoms with Gasteiger partial charge in [0.05, 0.1) is 6.61 Å². The van der Waals surface area contributed by atoms with E-state index in [0.29, 0.717) is 19.4 Å². The molecule has 0 aromatic rings. The lowest BCUT2D eigenvalue weighted by molar-refractivity contribution is 0.0256. The normalized spacial score (nSPS) is 20.5. The smallest absolute Gasteiger partial charge is 0.418 e. The van der Waals surface area contributed by atoms with E-state index in [2.05, 4.69) is 0 Å². The third-order valence-corrected chi connectivity index (χ3v) is 2.02. The fraction of sp³-hybridized carbons (Fsp3) is 0.833. The molecule has 1 amide bonds. The summed E-state index contributed by atoms with van der Waals surface area (Å²) >= 11 is -2.62. The van der Waals surface area contributed by atoms with Crippen molar-refractivity contribution >= 4 is 17.4 Å². The Bertz CT molecular complexity index is 227. The summed E-state index contributed by atoms with van der Waals surface area (Å²) in [6, 6.07) is 0. The number of amides is 1. The van der Waals surface area contributed by atoms with Crippen LogP contribution in [0.3, 0.4) is 0 Å². The average molecular weight is 208 g/mol. The lowest BCUT2D eigenvalue weighted by atomic mass is 10.4. The number of carbonyl (C=O) groups is 1. The van der Waals surface area contributed by atoms with Gasteiger partial charge in [0, 0.05) is 18.4 Å². The molecule has 0 spiro atoms. The highest BCUT2D eigenvalue weighted by molar-refractivity contribution is 7.77. The van der Waals surface area contributed by atoms with Crippen LogP contribution >= 0.6 is 0 Å². The van der Waals surface area contributed by atoms with Gasteiger partial charge in [0.1, 0.15) is 5.60 Å². The molecule has 1 fully saturated rings. The number of hydrogen-bond donors (Lipinski definition) is 1. The first-order valence-electron chi connectivity index (χ1n) is 3.66. The van der Waals surface area contributed by atoms with Crippen molar-refractivity contribution in [3.05, 3.63) is 0 Å². The van der Waals surface area contributed by atoms with Crippen LogP contribution in [0.5, 0.6) is 0 Å². The Balaban J connectivity index is 2.31. The molecule has 1 saturated carbocycles. The summed E-state index contributed by atoms with van der Waals surface area (Å²) in [4.78, 5) is 10.8. The Morgan fingerprint density at radius 3 is 2.69 bits per heavy atom. The molecular formula is C6H10NO5S-. The van der Waals surface area contributed by atoms with Gasteiger partial charge < -0.3 is 14.0 Å². The maximum atomic E-state index is 10.8. The molecule has 0 aromatic carbocycles. The van der Waals surface area contributed by atoms with Gasteiger partial charge in [-0.2, -0.15) is 0 Å². The number of nitrogens with one attached hydrogen (secondary N) is 1. The number of hydrogen-bond acceptors (Lipinski definition) is 5. The molecule has 13 heavy (non-hydrogen) atoms. The first-order valence-corrected chi connectivity index (χ1v) is 4.73. The second-order valence-electron chi connectivity index (χ2n) is 2.84. The van der Waals surface area contributed by atoms with Gasteiger partial charge in [0.25, 0.3) is 0 Å². The number of rotatable bonds is 4. The molecule has 76 valence electrons. The maximum Gasteiger partial charge on any atom is 0.418 e. The predicted octanol–water partition coefficient (Wildman–Crippen LogP) is -0.314. The second-order valence-corrected chi connectivity index (χ2v) is 3.52. The Kier molecular flexibility index (Phi) is 3.23. The standard InChI is InChI=1S/C6H11NO5S/c1-11-4-6(2-3-6)12-5(8)7-13(9)10/h2-4H2,1H3,(H,7,8)(H,9,10)/p-1. The van der Waals surface area contributed by atoms with Crippen molar-refractivity contribution < 1.29 is 23.0 Å². The van der Waals surface area contributed by atoms with E-state index in [4.69, 9.17) is 9.47 Å². The van der Waals surface area contributed by atoms with Gasteiger partial charge in [0.15, 0.2) is 0 Å². The molecular weight excluding hydrogens is 198 g/mol. The monoisotopic (exact) mass is 208 g/mol. The van der Waals surface area contributed by atoms with Crippen molar-refractivity contribution in [2.45, 2.75) is 18.4 Å². The fourth-order valence-electron chi connectivity index (χ4n) is 0.964. The minimum absolute atomic E-state index is 0.298. The van der Waals surface area contributed by atoms with Crippen molar-refractivity contribution in [3.8, 4) is 0 Å². The second kappa shape index (κ2) is 4.03. The topological polar surface area (TPSA) is 87.7 Å². The van der Waals surface area contributed by atoms with Gasteiger partial charge in [-0.3, -0.25) is 8.93 Å². The molecule has 1 N–H and O–H groups in total. The molecule has 0 aliphatic heterocycles. The van der Waals surface area contributed by atoms with E-state index in [0.717, 1.165) is 0 Å².